The molecule has 0 atom stereocenters. The predicted molar refractivity (Wildman–Crippen MR) is 143 cm³/mol. The number of aromatic hydroxyl groups is 2. The molecule has 2 nitrogen and oxygen atoms in total. The minimum Gasteiger partial charge on any atom is -0.507 e. The van der Waals surface area contributed by atoms with Crippen molar-refractivity contribution in [3.8, 4) is 11.5 Å². The third-order valence-corrected chi connectivity index (χ3v) is 6.78. The Morgan fingerprint density at radius 1 is 0.636 bits per heavy atom. The highest BCUT2D eigenvalue weighted by Gasteiger charge is 2.29. The van der Waals surface area contributed by atoms with Gasteiger partial charge < -0.3 is 10.2 Å². The van der Waals surface area contributed by atoms with E-state index in [4.69, 9.17) is 0 Å². The van der Waals surface area contributed by atoms with Gasteiger partial charge in [0.2, 0.25) is 0 Å². The van der Waals surface area contributed by atoms with Crippen molar-refractivity contribution in [2.75, 3.05) is 0 Å². The van der Waals surface area contributed by atoms with Crippen LogP contribution in [0, 0.1) is 13.8 Å². The Bertz CT molecular complexity index is 856. The summed E-state index contributed by atoms with van der Waals surface area (Å²) >= 11 is 0. The largest absolute Gasteiger partial charge is 0.507 e. The molecule has 33 heavy (non-hydrogen) atoms. The lowest BCUT2D eigenvalue weighted by atomic mass is 9.77. The van der Waals surface area contributed by atoms with Crippen LogP contribution in [0.3, 0.4) is 0 Å². The van der Waals surface area contributed by atoms with Gasteiger partial charge in [-0.15, -0.1) is 0 Å². The van der Waals surface area contributed by atoms with Crippen LogP contribution in [0.4, 0.5) is 0 Å². The van der Waals surface area contributed by atoms with Crippen LogP contribution in [-0.2, 0) is 10.8 Å². The lowest BCUT2D eigenvalue weighted by molar-refractivity contribution is 0.422. The molecule has 0 aromatic heterocycles. The second-order valence-electron chi connectivity index (χ2n) is 12.1. The molecule has 2 rings (SSSR count). The third kappa shape index (κ3) is 7.01. The zero-order chi connectivity index (χ0) is 25.0. The minimum atomic E-state index is -0.152. The molecular formula is C31H48O2. The number of hydrogen-bond donors (Lipinski definition) is 2. The van der Waals surface area contributed by atoms with Crippen LogP contribution in [0.2, 0.25) is 0 Å². The maximum absolute atomic E-state index is 11.5. The van der Waals surface area contributed by atoms with Gasteiger partial charge in [-0.1, -0.05) is 122 Å². The summed E-state index contributed by atoms with van der Waals surface area (Å²) in [7, 11) is 0. The van der Waals surface area contributed by atoms with Crippen LogP contribution in [0.5, 0.6) is 11.5 Å². The van der Waals surface area contributed by atoms with Crippen LogP contribution >= 0.6 is 0 Å². The van der Waals surface area contributed by atoms with Crippen molar-refractivity contribution in [2.45, 2.75) is 124 Å². The number of benzene rings is 2. The molecule has 0 aliphatic rings. The Labute approximate surface area is 203 Å². The summed E-state index contributed by atoms with van der Waals surface area (Å²) in [5, 5.41) is 22.9. The normalized spacial score (nSPS) is 12.5. The smallest absolute Gasteiger partial charge is 0.123 e. The lowest BCUT2D eigenvalue weighted by Crippen LogP contribution is -2.16. The van der Waals surface area contributed by atoms with Gasteiger partial charge in [-0.2, -0.15) is 0 Å². The fraction of sp³-hybridized carbons (Fsp3) is 0.613. The van der Waals surface area contributed by atoms with Gasteiger partial charge in [-0.05, 0) is 42.2 Å². The number of rotatable bonds is 9. The summed E-state index contributed by atoms with van der Waals surface area (Å²) in [4.78, 5) is 0. The van der Waals surface area contributed by atoms with Crippen molar-refractivity contribution in [2.24, 2.45) is 0 Å². The van der Waals surface area contributed by atoms with Crippen molar-refractivity contribution >= 4 is 0 Å². The lowest BCUT2D eigenvalue weighted by Gasteiger charge is -2.29. The SMILES string of the molecule is CCCCCCCCC(c1cc(C)cc(C(C)(C)C)c1O)c1cc(C)cc(C(C)(C)C)c1O. The van der Waals surface area contributed by atoms with E-state index in [0.29, 0.717) is 11.5 Å². The van der Waals surface area contributed by atoms with Gasteiger partial charge in [0.05, 0.1) is 0 Å². The Morgan fingerprint density at radius 3 is 1.42 bits per heavy atom. The van der Waals surface area contributed by atoms with E-state index < -0.39 is 0 Å². The maximum Gasteiger partial charge on any atom is 0.123 e. The first-order valence-corrected chi connectivity index (χ1v) is 12.9. The Kier molecular flexibility index (Phi) is 9.08. The quantitative estimate of drug-likeness (QED) is 0.372. The molecule has 0 aliphatic heterocycles. The molecule has 2 aromatic carbocycles. The van der Waals surface area contributed by atoms with Gasteiger partial charge in [0.25, 0.3) is 0 Å². The molecule has 0 amide bonds. The van der Waals surface area contributed by atoms with Gasteiger partial charge in [-0.25, -0.2) is 0 Å². The maximum atomic E-state index is 11.5. The van der Waals surface area contributed by atoms with Crippen LogP contribution < -0.4 is 0 Å². The van der Waals surface area contributed by atoms with E-state index in [-0.39, 0.29) is 16.7 Å². The second kappa shape index (κ2) is 11.0. The van der Waals surface area contributed by atoms with E-state index >= 15 is 0 Å². The molecule has 0 bridgehead atoms. The molecular weight excluding hydrogens is 404 g/mol. The van der Waals surface area contributed by atoms with Gasteiger partial charge >= 0.3 is 0 Å². The van der Waals surface area contributed by atoms with E-state index in [2.05, 4.69) is 86.6 Å². The van der Waals surface area contributed by atoms with E-state index in [0.717, 1.165) is 46.2 Å². The molecule has 0 unspecified atom stereocenters. The van der Waals surface area contributed by atoms with E-state index in [1.807, 2.05) is 0 Å². The second-order valence-corrected chi connectivity index (χ2v) is 12.1. The molecule has 0 saturated heterocycles. The van der Waals surface area contributed by atoms with Gasteiger partial charge in [-0.3, -0.25) is 0 Å². The molecule has 2 heteroatoms. The van der Waals surface area contributed by atoms with Crippen molar-refractivity contribution in [3.05, 3.63) is 57.6 Å². The van der Waals surface area contributed by atoms with Crippen molar-refractivity contribution < 1.29 is 10.2 Å². The van der Waals surface area contributed by atoms with E-state index in [9.17, 15) is 10.2 Å². The van der Waals surface area contributed by atoms with Crippen molar-refractivity contribution in [3.63, 3.8) is 0 Å². The predicted octanol–water partition coefficient (Wildman–Crippen LogP) is 9.19. The summed E-state index contributed by atoms with van der Waals surface area (Å²) in [6.45, 7) is 19.4. The van der Waals surface area contributed by atoms with Crippen LogP contribution in [0.25, 0.3) is 0 Å². The molecule has 184 valence electrons. The first kappa shape index (κ1) is 27.3. The van der Waals surface area contributed by atoms with Gasteiger partial charge in [0.15, 0.2) is 0 Å². The Balaban J connectivity index is 2.60. The number of phenols is 2. The zero-order valence-corrected chi connectivity index (χ0v) is 22.7. The van der Waals surface area contributed by atoms with Crippen molar-refractivity contribution in [1.29, 1.82) is 0 Å². The summed E-state index contributed by atoms with van der Waals surface area (Å²) in [5.74, 6) is 0.753. The molecule has 0 aliphatic carbocycles. The average Bonchev–Trinajstić information content (AvgIpc) is 2.69. The van der Waals surface area contributed by atoms with Gasteiger partial charge in [0, 0.05) is 17.0 Å². The molecule has 0 fully saturated rings. The number of phenolic OH excluding ortho intramolecular Hbond substituents is 2. The standard InChI is InChI=1S/C31H48O2/c1-10-11-12-13-14-15-16-23(24-17-21(2)19-26(28(24)32)30(4,5)6)25-18-22(3)20-27(29(25)33)31(7,8)9/h17-20,23,32-33H,10-16H2,1-9H3. The summed E-state index contributed by atoms with van der Waals surface area (Å²) in [6, 6.07) is 8.48. The highest BCUT2D eigenvalue weighted by atomic mass is 16.3. The first-order chi connectivity index (χ1) is 15.3. The van der Waals surface area contributed by atoms with Gasteiger partial charge in [0.1, 0.15) is 11.5 Å². The monoisotopic (exact) mass is 452 g/mol. The zero-order valence-electron chi connectivity index (χ0n) is 22.7. The summed E-state index contributed by atoms with van der Waals surface area (Å²) in [6.07, 6.45) is 8.29. The summed E-state index contributed by atoms with van der Waals surface area (Å²) in [5.41, 5.74) is 5.88. The Hall–Kier alpha value is -1.96. The highest BCUT2D eigenvalue weighted by molar-refractivity contribution is 5.56. The Morgan fingerprint density at radius 2 is 1.03 bits per heavy atom. The van der Waals surface area contributed by atoms with Crippen LogP contribution in [0.15, 0.2) is 24.3 Å². The topological polar surface area (TPSA) is 40.5 Å². The minimum absolute atomic E-state index is 0.0295. The molecule has 0 radical (unpaired) electrons. The molecule has 0 saturated carbocycles. The molecule has 0 spiro atoms. The average molecular weight is 453 g/mol. The van der Waals surface area contributed by atoms with E-state index in [1.54, 1.807) is 0 Å². The van der Waals surface area contributed by atoms with E-state index in [1.165, 1.54) is 32.1 Å². The molecule has 2 N–H and O–H groups in total. The highest BCUT2D eigenvalue weighted by Crippen LogP contribution is 2.46. The van der Waals surface area contributed by atoms with Crippen LogP contribution in [-0.4, -0.2) is 10.2 Å². The fourth-order valence-electron chi connectivity index (χ4n) is 4.90. The van der Waals surface area contributed by atoms with Crippen LogP contribution in [0.1, 0.15) is 133 Å². The number of unbranched alkanes of at least 4 members (excludes halogenated alkanes) is 5. The summed E-state index contributed by atoms with van der Waals surface area (Å²) < 4.78 is 0. The fourth-order valence-corrected chi connectivity index (χ4v) is 4.90. The van der Waals surface area contributed by atoms with Crippen molar-refractivity contribution in [1.82, 2.24) is 0 Å². The third-order valence-electron chi connectivity index (χ3n) is 6.78. The first-order valence-electron chi connectivity index (χ1n) is 12.9. The number of hydrogen-bond acceptors (Lipinski definition) is 2. The molecule has 2 aromatic rings. The number of aryl methyl sites for hydroxylation is 2. The molecule has 0 heterocycles.